The molecule has 1 atom stereocenters. The van der Waals surface area contributed by atoms with Gasteiger partial charge in [-0.2, -0.15) is 0 Å². The lowest BCUT2D eigenvalue weighted by molar-refractivity contribution is -0.122. The van der Waals surface area contributed by atoms with Gasteiger partial charge in [-0.1, -0.05) is 0 Å². The highest BCUT2D eigenvalue weighted by Crippen LogP contribution is 2.30. The normalized spacial score (nSPS) is 16.5. The van der Waals surface area contributed by atoms with Crippen LogP contribution >= 0.6 is 11.3 Å². The van der Waals surface area contributed by atoms with Crippen LogP contribution in [0.4, 0.5) is 11.4 Å². The number of anilines is 2. The number of hydrogen-bond acceptors (Lipinski definition) is 5. The Morgan fingerprint density at radius 1 is 1.21 bits per heavy atom. The highest BCUT2D eigenvalue weighted by atomic mass is 32.1. The molecule has 1 fully saturated rings. The van der Waals surface area contributed by atoms with Gasteiger partial charge in [0, 0.05) is 24.3 Å². The lowest BCUT2D eigenvalue weighted by atomic mass is 10.1. The summed E-state index contributed by atoms with van der Waals surface area (Å²) >= 11 is 1.60. The summed E-state index contributed by atoms with van der Waals surface area (Å²) in [6.07, 6.45) is 0.132. The number of aromatic carboxylic acids is 1. The minimum Gasteiger partial charge on any atom is -0.478 e. The lowest BCUT2D eigenvalue weighted by Gasteiger charge is -2.16. The number of hydrogen-bond donors (Lipinski definition) is 2. The van der Waals surface area contributed by atoms with Crippen molar-refractivity contribution < 1.29 is 19.5 Å². The van der Waals surface area contributed by atoms with E-state index in [4.69, 9.17) is 5.11 Å². The molecule has 7 nitrogen and oxygen atoms in total. The zero-order chi connectivity index (χ0) is 19.8. The molecule has 0 radical (unpaired) electrons. The number of benzene rings is 2. The van der Waals surface area contributed by atoms with Crippen LogP contribution in [0.3, 0.4) is 0 Å². The van der Waals surface area contributed by atoms with Gasteiger partial charge in [-0.05, 0) is 49.4 Å². The second-order valence-corrected chi connectivity index (χ2v) is 7.90. The largest absolute Gasteiger partial charge is 0.478 e. The molecule has 0 spiro atoms. The fraction of sp³-hybridized carbons (Fsp3) is 0.200. The van der Waals surface area contributed by atoms with Crippen molar-refractivity contribution in [3.63, 3.8) is 0 Å². The standard InChI is InChI=1S/C20H17N3O4S/c1-11-21-16-9-15(6-7-17(16)28-11)23-10-13(8-18(23)24)19(25)22-14-4-2-12(3-5-14)20(26)27/h2-7,9,13H,8,10H2,1H3,(H,22,25)(H,26,27). The summed E-state index contributed by atoms with van der Waals surface area (Å²) in [5, 5.41) is 12.6. The Bertz CT molecular complexity index is 1090. The van der Waals surface area contributed by atoms with Crippen LogP contribution in [0, 0.1) is 12.8 Å². The summed E-state index contributed by atoms with van der Waals surface area (Å²) in [6, 6.07) is 11.6. The average molecular weight is 395 g/mol. The van der Waals surface area contributed by atoms with Gasteiger partial charge in [-0.3, -0.25) is 9.59 Å². The van der Waals surface area contributed by atoms with E-state index >= 15 is 0 Å². The molecule has 0 aliphatic carbocycles. The maximum absolute atomic E-state index is 12.6. The van der Waals surface area contributed by atoms with Crippen LogP contribution in [0.15, 0.2) is 42.5 Å². The van der Waals surface area contributed by atoms with Crippen molar-refractivity contribution in [1.82, 2.24) is 4.98 Å². The van der Waals surface area contributed by atoms with Crippen LogP contribution in [-0.4, -0.2) is 34.4 Å². The number of nitrogens with one attached hydrogen (secondary N) is 1. The second kappa shape index (κ2) is 7.05. The number of amides is 2. The van der Waals surface area contributed by atoms with Crippen molar-refractivity contribution in [2.24, 2.45) is 5.92 Å². The molecule has 1 aliphatic heterocycles. The fourth-order valence-corrected chi connectivity index (χ4v) is 4.08. The van der Waals surface area contributed by atoms with Gasteiger partial charge < -0.3 is 15.3 Å². The van der Waals surface area contributed by atoms with Crippen LogP contribution in [-0.2, 0) is 9.59 Å². The summed E-state index contributed by atoms with van der Waals surface area (Å²) in [5.41, 5.74) is 2.23. The SMILES string of the molecule is Cc1nc2cc(N3CC(C(=O)Nc4ccc(C(=O)O)cc4)CC3=O)ccc2s1. The number of nitrogens with zero attached hydrogens (tertiary/aromatic N) is 2. The molecule has 28 heavy (non-hydrogen) atoms. The van der Waals surface area contributed by atoms with Crippen molar-refractivity contribution in [2.45, 2.75) is 13.3 Å². The molecule has 1 unspecified atom stereocenters. The Labute approximate surface area is 164 Å². The smallest absolute Gasteiger partial charge is 0.335 e. The first kappa shape index (κ1) is 18.1. The summed E-state index contributed by atoms with van der Waals surface area (Å²) in [7, 11) is 0. The highest BCUT2D eigenvalue weighted by Gasteiger charge is 2.35. The van der Waals surface area contributed by atoms with Gasteiger partial charge in [0.2, 0.25) is 11.8 Å². The molecule has 142 valence electrons. The topological polar surface area (TPSA) is 99.6 Å². The molecule has 2 heterocycles. The quantitative estimate of drug-likeness (QED) is 0.706. The molecular formula is C20H17N3O4S. The molecule has 2 amide bonds. The van der Waals surface area contributed by atoms with E-state index < -0.39 is 11.9 Å². The number of rotatable bonds is 4. The molecule has 4 rings (SSSR count). The van der Waals surface area contributed by atoms with Gasteiger partial charge in [0.1, 0.15) is 0 Å². The third-order valence-electron chi connectivity index (χ3n) is 4.68. The van der Waals surface area contributed by atoms with Gasteiger partial charge in [0.05, 0.1) is 26.7 Å². The summed E-state index contributed by atoms with van der Waals surface area (Å²) in [4.78, 5) is 42.0. The number of aromatic nitrogens is 1. The first-order valence-corrected chi connectivity index (χ1v) is 9.54. The highest BCUT2D eigenvalue weighted by molar-refractivity contribution is 7.18. The number of carboxylic acids is 1. The Balaban J connectivity index is 1.47. The van der Waals surface area contributed by atoms with Crippen LogP contribution in [0.5, 0.6) is 0 Å². The van der Waals surface area contributed by atoms with E-state index in [0.29, 0.717) is 12.2 Å². The van der Waals surface area contributed by atoms with E-state index in [-0.39, 0.29) is 23.8 Å². The molecule has 2 N–H and O–H groups in total. The molecule has 2 aromatic carbocycles. The zero-order valence-electron chi connectivity index (χ0n) is 15.0. The summed E-state index contributed by atoms with van der Waals surface area (Å²) in [5.74, 6) is -1.86. The van der Waals surface area contributed by atoms with E-state index in [2.05, 4.69) is 10.3 Å². The van der Waals surface area contributed by atoms with Crippen molar-refractivity contribution >= 4 is 50.7 Å². The zero-order valence-corrected chi connectivity index (χ0v) is 15.8. The third-order valence-corrected chi connectivity index (χ3v) is 5.64. The van der Waals surface area contributed by atoms with Crippen LogP contribution < -0.4 is 10.2 Å². The van der Waals surface area contributed by atoms with Gasteiger partial charge in [0.25, 0.3) is 0 Å². The maximum atomic E-state index is 12.6. The molecule has 1 aromatic heterocycles. The van der Waals surface area contributed by atoms with Crippen LogP contribution in [0.1, 0.15) is 21.8 Å². The molecular weight excluding hydrogens is 378 g/mol. The number of carboxylic acid groups (broad SMARTS) is 1. The van der Waals surface area contributed by atoms with Gasteiger partial charge in [0.15, 0.2) is 0 Å². The summed E-state index contributed by atoms with van der Waals surface area (Å²) in [6.45, 7) is 2.24. The van der Waals surface area contributed by atoms with Crippen molar-refractivity contribution in [2.75, 3.05) is 16.8 Å². The monoisotopic (exact) mass is 395 g/mol. The minimum atomic E-state index is -1.03. The van der Waals surface area contributed by atoms with Gasteiger partial charge in [-0.15, -0.1) is 11.3 Å². The van der Waals surface area contributed by atoms with Crippen molar-refractivity contribution in [3.05, 3.63) is 53.0 Å². The number of thiazole rings is 1. The van der Waals surface area contributed by atoms with Crippen molar-refractivity contribution in [1.29, 1.82) is 0 Å². The molecule has 8 heteroatoms. The number of fused-ring (bicyclic) bond motifs is 1. The van der Waals surface area contributed by atoms with Crippen LogP contribution in [0.2, 0.25) is 0 Å². The Morgan fingerprint density at radius 2 is 1.96 bits per heavy atom. The molecule has 3 aromatic rings. The lowest BCUT2D eigenvalue weighted by Crippen LogP contribution is -2.28. The summed E-state index contributed by atoms with van der Waals surface area (Å²) < 4.78 is 1.06. The van der Waals surface area contributed by atoms with E-state index in [1.165, 1.54) is 24.3 Å². The van der Waals surface area contributed by atoms with E-state index in [9.17, 15) is 14.4 Å². The first-order valence-electron chi connectivity index (χ1n) is 8.72. The first-order chi connectivity index (χ1) is 13.4. The van der Waals surface area contributed by atoms with Crippen LogP contribution in [0.25, 0.3) is 10.2 Å². The number of aryl methyl sites for hydroxylation is 1. The predicted octanol–water partition coefficient (Wildman–Crippen LogP) is 3.29. The molecule has 1 aliphatic rings. The second-order valence-electron chi connectivity index (χ2n) is 6.66. The number of carbonyl (C=O) groups is 3. The Morgan fingerprint density at radius 3 is 2.68 bits per heavy atom. The Hall–Kier alpha value is -3.26. The minimum absolute atomic E-state index is 0.104. The third kappa shape index (κ3) is 3.46. The predicted molar refractivity (Wildman–Crippen MR) is 107 cm³/mol. The number of carbonyl (C=O) groups excluding carboxylic acids is 2. The van der Waals surface area contributed by atoms with Gasteiger partial charge in [-0.25, -0.2) is 9.78 Å². The molecule has 0 bridgehead atoms. The van der Waals surface area contributed by atoms with Crippen molar-refractivity contribution in [3.8, 4) is 0 Å². The van der Waals surface area contributed by atoms with E-state index in [1.807, 2.05) is 25.1 Å². The Kier molecular flexibility index (Phi) is 4.56. The maximum Gasteiger partial charge on any atom is 0.335 e. The van der Waals surface area contributed by atoms with Gasteiger partial charge >= 0.3 is 5.97 Å². The molecule has 1 saturated heterocycles. The average Bonchev–Trinajstić information content (AvgIpc) is 3.23. The molecule has 0 saturated carbocycles. The van der Waals surface area contributed by atoms with E-state index in [0.717, 1.165) is 20.9 Å². The van der Waals surface area contributed by atoms with E-state index in [1.54, 1.807) is 16.2 Å². The fourth-order valence-electron chi connectivity index (χ4n) is 3.27.